The van der Waals surface area contributed by atoms with E-state index in [2.05, 4.69) is 51.2 Å². The summed E-state index contributed by atoms with van der Waals surface area (Å²) in [6.45, 7) is 6.44. The summed E-state index contributed by atoms with van der Waals surface area (Å²) < 4.78 is 2.25. The average molecular weight is 424 g/mol. The van der Waals surface area contributed by atoms with Gasteiger partial charge in [-0.05, 0) is 50.9 Å². The number of nitrogens with zero attached hydrogens (tertiary/aromatic N) is 4. The standard InChI is InChI=1S/C23H29N5OS/c1-4-27(5-2)22(29)25-16-12-18-17-7-6-8-19-21(17)15(11-20(18)26(3)14-16)13-28(19)23-24-9-10-30-23/h6-10,13,16,18,20H,4-5,11-12,14H2,1-3H3,(H,25,29)/t16-,18+,20+/m0/s1. The topological polar surface area (TPSA) is 53.4 Å². The molecule has 0 saturated carbocycles. The van der Waals surface area contributed by atoms with E-state index in [4.69, 9.17) is 0 Å². The summed E-state index contributed by atoms with van der Waals surface area (Å²) in [5.41, 5.74) is 4.07. The van der Waals surface area contributed by atoms with Gasteiger partial charge in [0.1, 0.15) is 0 Å². The fraction of sp³-hybridized carbons (Fsp3) is 0.478. The molecule has 0 spiro atoms. The number of carbonyl (C=O) groups is 1. The first-order valence-corrected chi connectivity index (χ1v) is 11.8. The van der Waals surface area contributed by atoms with E-state index in [0.717, 1.165) is 37.6 Å². The number of nitrogens with one attached hydrogen (secondary N) is 1. The number of aromatic nitrogens is 2. The molecule has 2 aromatic heterocycles. The van der Waals surface area contributed by atoms with Gasteiger partial charge in [0, 0.05) is 60.8 Å². The molecular formula is C23H29N5OS. The van der Waals surface area contributed by atoms with Gasteiger partial charge in [-0.15, -0.1) is 11.3 Å². The van der Waals surface area contributed by atoms with E-state index in [-0.39, 0.29) is 12.1 Å². The van der Waals surface area contributed by atoms with Gasteiger partial charge in [-0.1, -0.05) is 12.1 Å². The molecule has 3 heterocycles. The maximum atomic E-state index is 12.7. The van der Waals surface area contributed by atoms with Crippen LogP contribution in [-0.4, -0.2) is 64.1 Å². The minimum absolute atomic E-state index is 0.0569. The van der Waals surface area contributed by atoms with Crippen LogP contribution in [0.15, 0.2) is 36.0 Å². The third-order valence-electron chi connectivity index (χ3n) is 6.85. The van der Waals surface area contributed by atoms with Crippen molar-refractivity contribution in [2.24, 2.45) is 0 Å². The van der Waals surface area contributed by atoms with Crippen molar-refractivity contribution in [1.82, 2.24) is 24.7 Å². The zero-order valence-corrected chi connectivity index (χ0v) is 18.7. The van der Waals surface area contributed by atoms with Crippen LogP contribution < -0.4 is 5.32 Å². The molecule has 30 heavy (non-hydrogen) atoms. The fourth-order valence-corrected chi connectivity index (χ4v) is 6.05. The lowest BCUT2D eigenvalue weighted by Gasteiger charge is -2.45. The summed E-state index contributed by atoms with van der Waals surface area (Å²) in [6.07, 6.45) is 6.18. The second-order valence-electron chi connectivity index (χ2n) is 8.45. The van der Waals surface area contributed by atoms with E-state index in [1.807, 2.05) is 30.3 Å². The zero-order valence-electron chi connectivity index (χ0n) is 17.8. The van der Waals surface area contributed by atoms with Crippen LogP contribution in [0.5, 0.6) is 0 Å². The Hall–Kier alpha value is -2.38. The highest BCUT2D eigenvalue weighted by Crippen LogP contribution is 2.44. The molecule has 1 fully saturated rings. The van der Waals surface area contributed by atoms with Crippen LogP contribution in [0.3, 0.4) is 0 Å². The third kappa shape index (κ3) is 3.11. The molecule has 1 N–H and O–H groups in total. The number of likely N-dealkylation sites (N-methyl/N-ethyl adjacent to an activating group) is 1. The molecule has 0 bridgehead atoms. The maximum absolute atomic E-state index is 12.7. The summed E-state index contributed by atoms with van der Waals surface area (Å²) in [5.74, 6) is 0.425. The van der Waals surface area contributed by atoms with Crippen LogP contribution in [0.1, 0.15) is 37.3 Å². The highest BCUT2D eigenvalue weighted by molar-refractivity contribution is 7.12. The van der Waals surface area contributed by atoms with Crippen molar-refractivity contribution in [1.29, 1.82) is 0 Å². The van der Waals surface area contributed by atoms with Crippen molar-refractivity contribution in [3.63, 3.8) is 0 Å². The van der Waals surface area contributed by atoms with E-state index in [9.17, 15) is 4.79 Å². The molecule has 2 aliphatic rings. The number of hydrogen-bond donors (Lipinski definition) is 1. The number of benzene rings is 1. The monoisotopic (exact) mass is 423 g/mol. The fourth-order valence-electron chi connectivity index (χ4n) is 5.42. The van der Waals surface area contributed by atoms with E-state index in [1.54, 1.807) is 11.3 Å². The first-order valence-electron chi connectivity index (χ1n) is 10.9. The number of amides is 2. The lowest BCUT2D eigenvalue weighted by molar-refractivity contribution is 0.124. The van der Waals surface area contributed by atoms with Crippen molar-refractivity contribution in [3.8, 4) is 5.13 Å². The van der Waals surface area contributed by atoms with Gasteiger partial charge >= 0.3 is 6.03 Å². The number of hydrogen-bond acceptors (Lipinski definition) is 4. The normalized spacial score (nSPS) is 23.4. The van der Waals surface area contributed by atoms with Crippen molar-refractivity contribution >= 4 is 28.3 Å². The van der Waals surface area contributed by atoms with Crippen LogP contribution in [0, 0.1) is 0 Å². The van der Waals surface area contributed by atoms with Gasteiger partial charge in [0.25, 0.3) is 0 Å². The van der Waals surface area contributed by atoms with Gasteiger partial charge in [-0.2, -0.15) is 0 Å². The molecule has 3 aromatic rings. The quantitative estimate of drug-likeness (QED) is 0.694. The lowest BCUT2D eigenvalue weighted by atomic mass is 9.74. The summed E-state index contributed by atoms with van der Waals surface area (Å²) >= 11 is 1.67. The number of carbonyl (C=O) groups excluding carboxylic acids is 1. The molecule has 6 nitrogen and oxygen atoms in total. The molecule has 1 saturated heterocycles. The highest BCUT2D eigenvalue weighted by atomic mass is 32.1. The second kappa shape index (κ2) is 7.71. The van der Waals surface area contributed by atoms with Gasteiger partial charge in [-0.3, -0.25) is 4.57 Å². The first-order chi connectivity index (χ1) is 14.6. The number of piperidine rings is 1. The molecule has 0 unspecified atom stereocenters. The Morgan fingerprint density at radius 1 is 1.33 bits per heavy atom. The Morgan fingerprint density at radius 3 is 2.90 bits per heavy atom. The first kappa shape index (κ1) is 19.6. The van der Waals surface area contributed by atoms with Crippen molar-refractivity contribution in [2.45, 2.75) is 44.7 Å². The van der Waals surface area contributed by atoms with Crippen LogP contribution in [0.2, 0.25) is 0 Å². The third-order valence-corrected chi connectivity index (χ3v) is 7.62. The summed E-state index contributed by atoms with van der Waals surface area (Å²) in [5, 5.41) is 7.73. The van der Waals surface area contributed by atoms with Gasteiger partial charge in [0.05, 0.1) is 5.52 Å². The lowest BCUT2D eigenvalue weighted by Crippen LogP contribution is -2.56. The van der Waals surface area contributed by atoms with Gasteiger partial charge in [0.15, 0.2) is 5.13 Å². The Morgan fingerprint density at radius 2 is 2.17 bits per heavy atom. The van der Waals surface area contributed by atoms with Crippen molar-refractivity contribution < 1.29 is 4.79 Å². The maximum Gasteiger partial charge on any atom is 0.317 e. The number of urea groups is 1. The molecule has 3 atom stereocenters. The Labute approximate surface area is 181 Å². The minimum atomic E-state index is 0.0569. The van der Waals surface area contributed by atoms with Crippen LogP contribution in [0.25, 0.3) is 16.0 Å². The van der Waals surface area contributed by atoms with Gasteiger partial charge in [-0.25, -0.2) is 9.78 Å². The molecule has 7 heteroatoms. The highest BCUT2D eigenvalue weighted by Gasteiger charge is 2.40. The Balaban J connectivity index is 1.49. The number of likely N-dealkylation sites (tertiary alicyclic amines) is 1. The van der Waals surface area contributed by atoms with Gasteiger partial charge < -0.3 is 15.1 Å². The average Bonchev–Trinajstić information content (AvgIpc) is 3.39. The smallest absolute Gasteiger partial charge is 0.317 e. The number of fused-ring (bicyclic) bond motifs is 2. The number of rotatable bonds is 4. The molecular weight excluding hydrogens is 394 g/mol. The molecule has 1 aromatic carbocycles. The molecule has 1 aliphatic carbocycles. The van der Waals surface area contributed by atoms with Crippen molar-refractivity contribution in [3.05, 3.63) is 47.1 Å². The molecule has 1 aliphatic heterocycles. The number of thiazole rings is 1. The second-order valence-corrected chi connectivity index (χ2v) is 9.33. The molecule has 5 rings (SSSR count). The van der Waals surface area contributed by atoms with E-state index in [1.165, 1.54) is 22.0 Å². The van der Waals surface area contributed by atoms with E-state index >= 15 is 0 Å². The largest absolute Gasteiger partial charge is 0.334 e. The van der Waals surface area contributed by atoms with E-state index < -0.39 is 0 Å². The van der Waals surface area contributed by atoms with Gasteiger partial charge in [0.2, 0.25) is 0 Å². The van der Waals surface area contributed by atoms with Crippen LogP contribution >= 0.6 is 11.3 Å². The Kier molecular flexibility index (Phi) is 5.03. The summed E-state index contributed by atoms with van der Waals surface area (Å²) in [6, 6.07) is 7.36. The van der Waals surface area contributed by atoms with Crippen LogP contribution in [-0.2, 0) is 6.42 Å². The summed E-state index contributed by atoms with van der Waals surface area (Å²) in [7, 11) is 2.20. The minimum Gasteiger partial charge on any atom is -0.334 e. The van der Waals surface area contributed by atoms with E-state index in [0.29, 0.717) is 12.0 Å². The molecule has 0 radical (unpaired) electrons. The summed E-state index contributed by atoms with van der Waals surface area (Å²) in [4.78, 5) is 21.5. The van der Waals surface area contributed by atoms with Crippen molar-refractivity contribution in [2.75, 3.05) is 26.7 Å². The molecule has 158 valence electrons. The zero-order chi connectivity index (χ0) is 20.8. The van der Waals surface area contributed by atoms with Crippen LogP contribution in [0.4, 0.5) is 4.79 Å². The predicted octanol–water partition coefficient (Wildman–Crippen LogP) is 3.85. The molecule has 2 amide bonds. The predicted molar refractivity (Wildman–Crippen MR) is 122 cm³/mol. The SMILES string of the molecule is CCN(CC)C(=O)N[C@H]1C[C@@H]2c3cccc4c3c(cn4-c3nccs3)C[C@H]2N(C)C1. The Bertz CT molecular complexity index is 1060.